The molecule has 1 aromatic heterocycles. The molecule has 9 aromatic rings. The molecule has 5 nitrogen and oxygen atoms in total. The molecule has 0 amide bonds. The summed E-state index contributed by atoms with van der Waals surface area (Å²) >= 11 is 19.1. The van der Waals surface area contributed by atoms with Crippen molar-refractivity contribution in [1.29, 1.82) is 5.26 Å². The Morgan fingerprint density at radius 1 is 0.600 bits per heavy atom. The van der Waals surface area contributed by atoms with Gasteiger partial charge in [0, 0.05) is 50.7 Å². The molecule has 0 saturated heterocycles. The number of benzene rings is 8. The molecule has 0 bridgehead atoms. The van der Waals surface area contributed by atoms with E-state index in [0.717, 1.165) is 73.0 Å². The minimum atomic E-state index is -0.424. The summed E-state index contributed by atoms with van der Waals surface area (Å²) in [4.78, 5) is 20.5. The summed E-state index contributed by atoms with van der Waals surface area (Å²) < 4.78 is 3.93. The number of carbonyl (C=O) groups excluding carboxylic acids is 1. The Hall–Kier alpha value is -3.96. The van der Waals surface area contributed by atoms with E-state index in [1.54, 1.807) is 30.3 Å². The standard InChI is InChI=1S/C24H14Br2N2.C11H7BrN2.C7H4BrClO.C6H5.BrH.Mg/c25-17-12-10-16(11-13-17)24-27-22(15-6-2-1-3-7-15)20-14-21(26)18-8-4-5-9-19(18)23(20)28-24;12-10-5-7(6-13)11(14)9-4-2-1-3-8(9)10;8-6-3-1-5(2-4-6)7(9)10;1-2-4-6-5-3-1;;/h1-14H;1-5H,14H2;1-4H;1-5H;1H;/q;;;-1;;+2/p-1. The van der Waals surface area contributed by atoms with E-state index in [4.69, 9.17) is 32.6 Å². The quantitative estimate of drug-likeness (QED) is 0.0626. The van der Waals surface area contributed by atoms with Crippen molar-refractivity contribution >= 4 is 142 Å². The maximum atomic E-state index is 10.5. The van der Waals surface area contributed by atoms with Crippen molar-refractivity contribution in [1.82, 2.24) is 9.97 Å². The number of anilines is 1. The first-order chi connectivity index (χ1) is 28.1. The van der Waals surface area contributed by atoms with Crippen LogP contribution in [0.25, 0.3) is 55.1 Å². The molecule has 1 heterocycles. The average molecular weight is 1140 g/mol. The molecule has 12 heteroatoms. The van der Waals surface area contributed by atoms with Gasteiger partial charge in [-0.15, -0.1) is 0 Å². The molecule has 0 radical (unpaired) electrons. The fourth-order valence-electron chi connectivity index (χ4n) is 5.83. The molecule has 0 spiro atoms. The number of nitrogens with two attached hydrogens (primary N) is 1. The van der Waals surface area contributed by atoms with Gasteiger partial charge in [-0.2, -0.15) is 41.7 Å². The molecule has 2 N–H and O–H groups in total. The second-order valence-electron chi connectivity index (χ2n) is 12.4. The summed E-state index contributed by atoms with van der Waals surface area (Å²) in [6.45, 7) is 0. The monoisotopic (exact) mass is 1130 g/mol. The molecule has 0 aliphatic carbocycles. The molecule has 0 aliphatic rings. The number of hydrogen-bond acceptors (Lipinski definition) is 5. The van der Waals surface area contributed by atoms with Crippen LogP contribution >= 0.6 is 75.3 Å². The Kier molecular flexibility index (Phi) is 19.4. The normalized spacial score (nSPS) is 9.93. The van der Waals surface area contributed by atoms with Crippen LogP contribution in [0.2, 0.25) is 0 Å². The number of nitriles is 1. The van der Waals surface area contributed by atoms with Crippen LogP contribution in [0.3, 0.4) is 0 Å². The SMILES string of the molecule is Brc1ccc(-c2nc(-c3ccccc3)c3cc(Br)c4ccccc4c3n2)cc1.N#Cc1cc(Br)c2ccccc2c1N.O=C(Cl)c1ccc(Br)cc1.[Br-].[Mg+2].[c-]1ccccc1. The average Bonchev–Trinajstić information content (AvgIpc) is 3.27. The molecule has 60 heavy (non-hydrogen) atoms. The molecule has 0 atom stereocenters. The number of nitrogens with zero attached hydrogens (tertiary/aromatic N) is 3. The molecular formula is C48H30Br5ClMgN4O. The largest absolute Gasteiger partial charge is 2.00 e. The van der Waals surface area contributed by atoms with Gasteiger partial charge in [-0.05, 0) is 70.9 Å². The third kappa shape index (κ3) is 12.6. The van der Waals surface area contributed by atoms with Gasteiger partial charge in [0.1, 0.15) is 6.07 Å². The topological polar surface area (TPSA) is 92.7 Å². The Morgan fingerprint density at radius 2 is 1.10 bits per heavy atom. The van der Waals surface area contributed by atoms with Crippen LogP contribution in [0.4, 0.5) is 5.69 Å². The summed E-state index contributed by atoms with van der Waals surface area (Å²) in [6, 6.07) is 59.8. The van der Waals surface area contributed by atoms with Crippen molar-refractivity contribution in [3.05, 3.63) is 205 Å². The van der Waals surface area contributed by atoms with Gasteiger partial charge in [0.2, 0.25) is 0 Å². The maximum absolute atomic E-state index is 10.5. The third-order valence-electron chi connectivity index (χ3n) is 8.64. The number of rotatable bonds is 3. The van der Waals surface area contributed by atoms with E-state index >= 15 is 0 Å². The summed E-state index contributed by atoms with van der Waals surface area (Å²) in [5, 5.41) is 13.7. The minimum absolute atomic E-state index is 0. The first kappa shape index (κ1) is 48.7. The van der Waals surface area contributed by atoms with Crippen molar-refractivity contribution in [3.63, 3.8) is 0 Å². The van der Waals surface area contributed by atoms with Crippen molar-refractivity contribution in [3.8, 4) is 28.7 Å². The van der Waals surface area contributed by atoms with Gasteiger partial charge in [0.25, 0.3) is 5.24 Å². The van der Waals surface area contributed by atoms with Crippen LogP contribution in [0.15, 0.2) is 188 Å². The van der Waals surface area contributed by atoms with E-state index in [2.05, 4.69) is 112 Å². The molecule has 0 unspecified atom stereocenters. The Balaban J connectivity index is 0.000000206. The molecule has 0 aliphatic heterocycles. The summed E-state index contributed by atoms with van der Waals surface area (Å²) in [7, 11) is 0. The van der Waals surface area contributed by atoms with Crippen LogP contribution in [0.5, 0.6) is 0 Å². The van der Waals surface area contributed by atoms with Crippen LogP contribution in [0, 0.1) is 17.4 Å². The first-order valence-electron chi connectivity index (χ1n) is 17.6. The number of fused-ring (bicyclic) bond motifs is 4. The third-order valence-corrected chi connectivity index (χ3v) is 11.2. The van der Waals surface area contributed by atoms with Crippen LogP contribution < -0.4 is 22.7 Å². The van der Waals surface area contributed by atoms with Gasteiger partial charge < -0.3 is 22.7 Å². The zero-order chi connectivity index (χ0) is 41.0. The zero-order valence-electron chi connectivity index (χ0n) is 31.5. The van der Waals surface area contributed by atoms with Crippen LogP contribution in [-0.4, -0.2) is 38.3 Å². The second kappa shape index (κ2) is 23.9. The number of carbonyl (C=O) groups is 1. The number of aromatic nitrogens is 2. The van der Waals surface area contributed by atoms with Gasteiger partial charge >= 0.3 is 23.1 Å². The van der Waals surface area contributed by atoms with E-state index < -0.39 is 5.24 Å². The van der Waals surface area contributed by atoms with E-state index in [0.29, 0.717) is 16.8 Å². The molecule has 0 fully saturated rings. The zero-order valence-corrected chi connectivity index (χ0v) is 41.6. The number of halogens is 6. The molecule has 8 aromatic carbocycles. The Morgan fingerprint density at radius 3 is 1.63 bits per heavy atom. The number of nitrogen functional groups attached to an aromatic ring is 1. The van der Waals surface area contributed by atoms with E-state index in [1.807, 2.05) is 103 Å². The van der Waals surface area contributed by atoms with Crippen molar-refractivity contribution in [2.75, 3.05) is 5.73 Å². The minimum Gasteiger partial charge on any atom is -1.00 e. The summed E-state index contributed by atoms with van der Waals surface area (Å²) in [5.41, 5.74) is 11.4. The van der Waals surface area contributed by atoms with Crippen LogP contribution in [-0.2, 0) is 0 Å². The molecule has 292 valence electrons. The Labute approximate surface area is 413 Å². The fraction of sp³-hybridized carbons (Fsp3) is 0. The van der Waals surface area contributed by atoms with E-state index in [-0.39, 0.29) is 40.0 Å². The maximum Gasteiger partial charge on any atom is 2.00 e. The molecular weight excluding hydrogens is 1110 g/mol. The van der Waals surface area contributed by atoms with Crippen LogP contribution in [0.1, 0.15) is 15.9 Å². The van der Waals surface area contributed by atoms with Gasteiger partial charge in [-0.3, -0.25) is 4.79 Å². The summed E-state index contributed by atoms with van der Waals surface area (Å²) in [5.74, 6) is 0.728. The predicted molar refractivity (Wildman–Crippen MR) is 259 cm³/mol. The van der Waals surface area contributed by atoms with E-state index in [9.17, 15) is 4.79 Å². The van der Waals surface area contributed by atoms with E-state index in [1.165, 1.54) is 0 Å². The smallest absolute Gasteiger partial charge is 1.00 e. The Bertz CT molecular complexity index is 2860. The summed E-state index contributed by atoms with van der Waals surface area (Å²) in [6.07, 6.45) is 0. The van der Waals surface area contributed by atoms with Crippen molar-refractivity contribution < 1.29 is 21.8 Å². The molecule has 9 rings (SSSR count). The molecule has 0 saturated carbocycles. The van der Waals surface area contributed by atoms with Gasteiger partial charge in [0.05, 0.1) is 22.5 Å². The second-order valence-corrected chi connectivity index (χ2v) is 16.3. The van der Waals surface area contributed by atoms with Gasteiger partial charge in [0.15, 0.2) is 5.82 Å². The number of hydrogen-bond donors (Lipinski definition) is 1. The first-order valence-corrected chi connectivity index (χ1v) is 21.1. The van der Waals surface area contributed by atoms with Crippen molar-refractivity contribution in [2.45, 2.75) is 0 Å². The van der Waals surface area contributed by atoms with Crippen molar-refractivity contribution in [2.24, 2.45) is 0 Å². The van der Waals surface area contributed by atoms with Gasteiger partial charge in [-0.1, -0.05) is 155 Å². The predicted octanol–water partition coefficient (Wildman–Crippen LogP) is 11.6. The van der Waals surface area contributed by atoms with Gasteiger partial charge in [-0.25, -0.2) is 9.97 Å². The fourth-order valence-corrected chi connectivity index (χ4v) is 7.63.